The Kier molecular flexibility index (Phi) is 7.08. The van der Waals surface area contributed by atoms with E-state index < -0.39 is 16.0 Å². The summed E-state index contributed by atoms with van der Waals surface area (Å²) in [6.45, 7) is -0.158. The minimum absolute atomic E-state index is 0.0576. The largest absolute Gasteiger partial charge is 0.468 e. The summed E-state index contributed by atoms with van der Waals surface area (Å²) < 4.78 is 30.0. The number of thioether (sulfide) groups is 1. The van der Waals surface area contributed by atoms with Crippen LogP contribution in [0.25, 0.3) is 10.2 Å². The van der Waals surface area contributed by atoms with Gasteiger partial charge in [-0.1, -0.05) is 41.7 Å². The predicted octanol–water partition coefficient (Wildman–Crippen LogP) is 1.88. The summed E-state index contributed by atoms with van der Waals surface area (Å²) in [5.74, 6) is -0.0246. The maximum atomic E-state index is 12.4. The number of aromatic nitrogens is 1. The molecule has 0 aliphatic carbocycles. The summed E-state index contributed by atoms with van der Waals surface area (Å²) in [7, 11) is -2.62. The zero-order valence-electron chi connectivity index (χ0n) is 16.0. The Labute approximate surface area is 181 Å². The van der Waals surface area contributed by atoms with E-state index in [-0.39, 0.29) is 27.9 Å². The van der Waals surface area contributed by atoms with Crippen molar-refractivity contribution in [3.8, 4) is 0 Å². The number of methoxy groups -OCH3 is 1. The van der Waals surface area contributed by atoms with E-state index in [1.54, 1.807) is 0 Å². The molecule has 3 aromatic rings. The standard InChI is InChI=1S/C19H19N3O5S3/c1-27-18(24)10-22-15-8-7-14(30(20,25)26)9-16(15)29-19(22)21-17(23)12-28-11-13-5-3-2-4-6-13/h2-9H,10-12H2,1H3,(H2,20,25,26). The Bertz CT molecular complexity index is 1250. The second-order valence-electron chi connectivity index (χ2n) is 6.21. The molecule has 0 saturated heterocycles. The average molecular weight is 466 g/mol. The molecule has 0 aliphatic rings. The van der Waals surface area contributed by atoms with Gasteiger partial charge in [-0.05, 0) is 23.8 Å². The van der Waals surface area contributed by atoms with E-state index in [2.05, 4.69) is 4.99 Å². The second kappa shape index (κ2) is 9.56. The van der Waals surface area contributed by atoms with Gasteiger partial charge in [-0.2, -0.15) is 4.99 Å². The van der Waals surface area contributed by atoms with Crippen LogP contribution in [0.5, 0.6) is 0 Å². The van der Waals surface area contributed by atoms with Crippen molar-refractivity contribution >= 4 is 55.2 Å². The van der Waals surface area contributed by atoms with E-state index in [1.807, 2.05) is 30.3 Å². The molecule has 1 heterocycles. The number of thiazole rings is 1. The number of esters is 1. The van der Waals surface area contributed by atoms with Crippen LogP contribution in [0.4, 0.5) is 0 Å². The van der Waals surface area contributed by atoms with Crippen molar-refractivity contribution in [2.24, 2.45) is 10.1 Å². The normalized spacial score (nSPS) is 12.3. The third-order valence-electron chi connectivity index (χ3n) is 4.06. The molecule has 1 amide bonds. The van der Waals surface area contributed by atoms with Crippen LogP contribution in [-0.4, -0.2) is 37.7 Å². The number of benzene rings is 2. The number of nitrogens with two attached hydrogens (primary N) is 1. The fourth-order valence-corrected chi connectivity index (χ4v) is 5.10. The number of ether oxygens (including phenoxy) is 1. The molecule has 1 aromatic heterocycles. The van der Waals surface area contributed by atoms with Crippen molar-refractivity contribution in [3.05, 3.63) is 58.9 Å². The highest BCUT2D eigenvalue weighted by atomic mass is 32.2. The molecule has 3 rings (SSSR count). The second-order valence-corrected chi connectivity index (χ2v) is 9.76. The van der Waals surface area contributed by atoms with E-state index >= 15 is 0 Å². The van der Waals surface area contributed by atoms with E-state index in [0.717, 1.165) is 16.9 Å². The number of nitrogens with zero attached hydrogens (tertiary/aromatic N) is 2. The number of hydrogen-bond donors (Lipinski definition) is 1. The minimum Gasteiger partial charge on any atom is -0.468 e. The molecule has 0 saturated carbocycles. The Morgan fingerprint density at radius 1 is 1.20 bits per heavy atom. The lowest BCUT2D eigenvalue weighted by Gasteiger charge is -2.04. The van der Waals surface area contributed by atoms with E-state index in [0.29, 0.717) is 16.0 Å². The number of primary sulfonamides is 1. The number of hydrogen-bond acceptors (Lipinski definition) is 7. The van der Waals surface area contributed by atoms with Crippen LogP contribution in [0.2, 0.25) is 0 Å². The van der Waals surface area contributed by atoms with E-state index in [9.17, 15) is 18.0 Å². The number of carbonyl (C=O) groups is 2. The first-order valence-corrected chi connectivity index (χ1v) is 12.2. The van der Waals surface area contributed by atoms with Crippen LogP contribution in [0.3, 0.4) is 0 Å². The number of carbonyl (C=O) groups excluding carboxylic acids is 2. The number of rotatable bonds is 7. The fraction of sp³-hybridized carbons (Fsp3) is 0.211. The van der Waals surface area contributed by atoms with Gasteiger partial charge in [0, 0.05) is 5.75 Å². The molecule has 2 aromatic carbocycles. The van der Waals surface area contributed by atoms with Gasteiger partial charge in [-0.15, -0.1) is 11.8 Å². The van der Waals surface area contributed by atoms with Gasteiger partial charge in [-0.25, -0.2) is 13.6 Å². The van der Waals surface area contributed by atoms with Gasteiger partial charge in [0.25, 0.3) is 5.91 Å². The lowest BCUT2D eigenvalue weighted by molar-refractivity contribution is -0.141. The zero-order chi connectivity index (χ0) is 21.7. The maximum Gasteiger partial charge on any atom is 0.325 e. The Balaban J connectivity index is 1.90. The van der Waals surface area contributed by atoms with Gasteiger partial charge in [0.2, 0.25) is 10.0 Å². The molecule has 158 valence electrons. The summed E-state index contributed by atoms with van der Waals surface area (Å²) >= 11 is 2.54. The molecular weight excluding hydrogens is 446 g/mol. The van der Waals surface area contributed by atoms with Gasteiger partial charge >= 0.3 is 5.97 Å². The van der Waals surface area contributed by atoms with E-state index in [1.165, 1.54) is 41.6 Å². The third kappa shape index (κ3) is 5.57. The molecule has 0 unspecified atom stereocenters. The smallest absolute Gasteiger partial charge is 0.325 e. The molecular formula is C19H19N3O5S3. The average Bonchev–Trinajstić information content (AvgIpc) is 3.04. The third-order valence-corrected chi connectivity index (χ3v) is 7.00. The van der Waals surface area contributed by atoms with Gasteiger partial charge in [0.15, 0.2) is 4.80 Å². The van der Waals surface area contributed by atoms with Crippen molar-refractivity contribution in [1.82, 2.24) is 4.57 Å². The summed E-state index contributed by atoms with van der Waals surface area (Å²) in [6.07, 6.45) is 0. The molecule has 8 nitrogen and oxygen atoms in total. The predicted molar refractivity (Wildman–Crippen MR) is 116 cm³/mol. The van der Waals surface area contributed by atoms with E-state index in [4.69, 9.17) is 9.88 Å². The van der Waals surface area contributed by atoms with Gasteiger partial charge in [0.05, 0.1) is 28.0 Å². The molecule has 0 spiro atoms. The summed E-state index contributed by atoms with van der Waals surface area (Å²) in [6, 6.07) is 14.0. The highest BCUT2D eigenvalue weighted by molar-refractivity contribution is 7.99. The molecule has 0 fully saturated rings. The fourth-order valence-electron chi connectivity index (χ4n) is 2.63. The minimum atomic E-state index is -3.88. The molecule has 0 atom stereocenters. The highest BCUT2D eigenvalue weighted by Crippen LogP contribution is 2.21. The first kappa shape index (κ1) is 22.2. The molecule has 11 heteroatoms. The maximum absolute atomic E-state index is 12.4. The monoisotopic (exact) mass is 465 g/mol. The highest BCUT2D eigenvalue weighted by Gasteiger charge is 2.15. The Morgan fingerprint density at radius 2 is 1.93 bits per heavy atom. The molecule has 0 radical (unpaired) electrons. The lowest BCUT2D eigenvalue weighted by atomic mass is 10.2. The van der Waals surface area contributed by atoms with Crippen LogP contribution < -0.4 is 9.94 Å². The molecule has 0 bridgehead atoms. The van der Waals surface area contributed by atoms with Gasteiger partial charge in [-0.3, -0.25) is 9.59 Å². The first-order valence-electron chi connectivity index (χ1n) is 8.70. The summed E-state index contributed by atoms with van der Waals surface area (Å²) in [4.78, 5) is 28.6. The van der Waals surface area contributed by atoms with Crippen LogP contribution in [0, 0.1) is 0 Å². The van der Waals surface area contributed by atoms with Crippen LogP contribution in [0.15, 0.2) is 58.4 Å². The molecule has 0 aliphatic heterocycles. The lowest BCUT2D eigenvalue weighted by Crippen LogP contribution is -2.22. The van der Waals surface area contributed by atoms with Gasteiger partial charge < -0.3 is 9.30 Å². The molecule has 30 heavy (non-hydrogen) atoms. The topological polar surface area (TPSA) is 121 Å². The number of amides is 1. The van der Waals surface area contributed by atoms with Crippen molar-refractivity contribution in [1.29, 1.82) is 0 Å². The molecule has 2 N–H and O–H groups in total. The van der Waals surface area contributed by atoms with Crippen LogP contribution >= 0.6 is 23.1 Å². The van der Waals surface area contributed by atoms with Crippen molar-refractivity contribution in [2.45, 2.75) is 17.2 Å². The van der Waals surface area contributed by atoms with Gasteiger partial charge in [0.1, 0.15) is 6.54 Å². The number of sulfonamides is 1. The first-order chi connectivity index (χ1) is 14.3. The van der Waals surface area contributed by atoms with Crippen molar-refractivity contribution in [2.75, 3.05) is 12.9 Å². The quantitative estimate of drug-likeness (QED) is 0.532. The van der Waals surface area contributed by atoms with Crippen LogP contribution in [-0.2, 0) is 36.6 Å². The van der Waals surface area contributed by atoms with Crippen molar-refractivity contribution in [3.63, 3.8) is 0 Å². The SMILES string of the molecule is COC(=O)Cn1c(=NC(=O)CSCc2ccccc2)sc2cc(S(N)(=O)=O)ccc21. The summed E-state index contributed by atoms with van der Waals surface area (Å²) in [5.41, 5.74) is 1.66. The van der Waals surface area contributed by atoms with Crippen LogP contribution in [0.1, 0.15) is 5.56 Å². The zero-order valence-corrected chi connectivity index (χ0v) is 18.4. The summed E-state index contributed by atoms with van der Waals surface area (Å²) in [5, 5.41) is 5.19. The number of fused-ring (bicyclic) bond motifs is 1. The Morgan fingerprint density at radius 3 is 2.60 bits per heavy atom. The Hall–Kier alpha value is -2.47. The van der Waals surface area contributed by atoms with Crippen molar-refractivity contribution < 1.29 is 22.7 Å².